The number of aromatic carboxylic acids is 1. The Bertz CT molecular complexity index is 832. The summed E-state index contributed by atoms with van der Waals surface area (Å²) in [7, 11) is 3.46. The van der Waals surface area contributed by atoms with Gasteiger partial charge in [0.2, 0.25) is 0 Å². The number of hydrogen-bond donors (Lipinski definition) is 1. The number of nitrogens with zero attached hydrogens (tertiary/aromatic N) is 3. The summed E-state index contributed by atoms with van der Waals surface area (Å²) < 4.78 is 17.3. The molecule has 0 radical (unpaired) electrons. The van der Waals surface area contributed by atoms with Crippen molar-refractivity contribution in [1.82, 2.24) is 14.3 Å². The zero-order chi connectivity index (χ0) is 14.4. The second-order valence-corrected chi connectivity index (χ2v) is 4.63. The number of halogens is 1. The molecule has 5 nitrogen and oxygen atoms in total. The van der Waals surface area contributed by atoms with Crippen molar-refractivity contribution in [2.45, 2.75) is 0 Å². The summed E-state index contributed by atoms with van der Waals surface area (Å²) in [6, 6.07) is 6.30. The van der Waals surface area contributed by atoms with Crippen LogP contribution in [0.25, 0.3) is 22.2 Å². The summed E-state index contributed by atoms with van der Waals surface area (Å²) in [5, 5.41) is 13.4. The highest BCUT2D eigenvalue weighted by molar-refractivity contribution is 5.97. The molecule has 0 aliphatic rings. The Morgan fingerprint density at radius 2 is 2.10 bits per heavy atom. The molecule has 2 heterocycles. The topological polar surface area (TPSA) is 60.1 Å². The van der Waals surface area contributed by atoms with Crippen molar-refractivity contribution < 1.29 is 14.3 Å². The SMILES string of the molecule is Cn1nc(C(=O)O)cc1-c1cn(C)c2cccc(F)c12. The van der Waals surface area contributed by atoms with Crippen LogP contribution < -0.4 is 0 Å². The highest BCUT2D eigenvalue weighted by Crippen LogP contribution is 2.32. The first kappa shape index (κ1) is 12.4. The Hall–Kier alpha value is -2.63. The standard InChI is InChI=1S/C14H12FN3O2/c1-17-7-8(13-9(15)4-3-5-11(13)17)12-6-10(14(19)20)16-18(12)2/h3-7H,1-2H3,(H,19,20). The van der Waals surface area contributed by atoms with E-state index in [1.54, 1.807) is 23.9 Å². The van der Waals surface area contributed by atoms with E-state index in [0.29, 0.717) is 16.6 Å². The van der Waals surface area contributed by atoms with Gasteiger partial charge in [0.05, 0.1) is 11.2 Å². The molecule has 102 valence electrons. The number of rotatable bonds is 2. The Morgan fingerprint density at radius 3 is 2.75 bits per heavy atom. The summed E-state index contributed by atoms with van der Waals surface area (Å²) in [5.74, 6) is -1.44. The normalized spacial score (nSPS) is 11.2. The van der Waals surface area contributed by atoms with Crippen LogP contribution in [-0.2, 0) is 14.1 Å². The van der Waals surface area contributed by atoms with E-state index in [9.17, 15) is 9.18 Å². The number of carbonyl (C=O) groups is 1. The minimum atomic E-state index is -1.10. The van der Waals surface area contributed by atoms with Crippen molar-refractivity contribution in [3.63, 3.8) is 0 Å². The van der Waals surface area contributed by atoms with Crippen molar-refractivity contribution in [3.8, 4) is 11.3 Å². The Labute approximate surface area is 113 Å². The maximum Gasteiger partial charge on any atom is 0.356 e. The van der Waals surface area contributed by atoms with Crippen LogP contribution in [0.3, 0.4) is 0 Å². The van der Waals surface area contributed by atoms with E-state index in [2.05, 4.69) is 5.10 Å². The van der Waals surface area contributed by atoms with Gasteiger partial charge in [-0.15, -0.1) is 0 Å². The molecule has 3 rings (SSSR count). The Kier molecular flexibility index (Phi) is 2.60. The van der Waals surface area contributed by atoms with Crippen LogP contribution in [-0.4, -0.2) is 25.4 Å². The van der Waals surface area contributed by atoms with Crippen molar-refractivity contribution >= 4 is 16.9 Å². The molecule has 0 unspecified atom stereocenters. The summed E-state index contributed by atoms with van der Waals surface area (Å²) in [6.45, 7) is 0. The molecule has 0 atom stereocenters. The van der Waals surface area contributed by atoms with Gasteiger partial charge in [-0.2, -0.15) is 5.10 Å². The molecule has 0 amide bonds. The number of aromatic nitrogens is 3. The van der Waals surface area contributed by atoms with Gasteiger partial charge in [-0.1, -0.05) is 6.07 Å². The minimum Gasteiger partial charge on any atom is -0.476 e. The third-order valence-corrected chi connectivity index (χ3v) is 3.34. The number of hydrogen-bond acceptors (Lipinski definition) is 2. The predicted molar refractivity (Wildman–Crippen MR) is 72.0 cm³/mol. The number of aryl methyl sites for hydroxylation is 2. The molecule has 0 saturated carbocycles. The summed E-state index contributed by atoms with van der Waals surface area (Å²) >= 11 is 0. The lowest BCUT2D eigenvalue weighted by Crippen LogP contribution is -1.99. The fourth-order valence-electron chi connectivity index (χ4n) is 2.42. The molecule has 0 bridgehead atoms. The van der Waals surface area contributed by atoms with Crippen molar-refractivity contribution in [3.05, 3.63) is 42.0 Å². The smallest absolute Gasteiger partial charge is 0.356 e. The van der Waals surface area contributed by atoms with Crippen LogP contribution in [0.5, 0.6) is 0 Å². The number of benzene rings is 1. The molecule has 2 aromatic heterocycles. The second-order valence-electron chi connectivity index (χ2n) is 4.63. The summed E-state index contributed by atoms with van der Waals surface area (Å²) in [5.41, 5.74) is 1.88. The molecular weight excluding hydrogens is 261 g/mol. The van der Waals surface area contributed by atoms with Crippen LogP contribution in [0.15, 0.2) is 30.5 Å². The second kappa shape index (κ2) is 4.19. The van der Waals surface area contributed by atoms with Crippen LogP contribution in [0.2, 0.25) is 0 Å². The summed E-state index contributed by atoms with van der Waals surface area (Å²) in [4.78, 5) is 11.0. The van der Waals surface area contributed by atoms with E-state index in [4.69, 9.17) is 5.11 Å². The fourth-order valence-corrected chi connectivity index (χ4v) is 2.42. The zero-order valence-corrected chi connectivity index (χ0v) is 11.0. The monoisotopic (exact) mass is 273 g/mol. The van der Waals surface area contributed by atoms with Gasteiger partial charge in [0, 0.05) is 31.2 Å². The molecule has 0 fully saturated rings. The first-order valence-corrected chi connectivity index (χ1v) is 6.00. The number of carboxylic acid groups (broad SMARTS) is 1. The summed E-state index contributed by atoms with van der Waals surface area (Å²) in [6.07, 6.45) is 1.77. The molecule has 0 spiro atoms. The highest BCUT2D eigenvalue weighted by atomic mass is 19.1. The molecule has 1 aromatic carbocycles. The number of carboxylic acids is 1. The van der Waals surface area contributed by atoms with Gasteiger partial charge < -0.3 is 9.67 Å². The lowest BCUT2D eigenvalue weighted by atomic mass is 10.1. The molecule has 0 aliphatic heterocycles. The molecule has 20 heavy (non-hydrogen) atoms. The van der Waals surface area contributed by atoms with E-state index in [1.807, 2.05) is 13.1 Å². The van der Waals surface area contributed by atoms with Gasteiger partial charge in [0.25, 0.3) is 0 Å². The van der Waals surface area contributed by atoms with Gasteiger partial charge in [-0.3, -0.25) is 4.68 Å². The largest absolute Gasteiger partial charge is 0.476 e. The van der Waals surface area contributed by atoms with Crippen LogP contribution in [0.1, 0.15) is 10.5 Å². The molecule has 3 aromatic rings. The lowest BCUT2D eigenvalue weighted by Gasteiger charge is -2.00. The molecule has 0 aliphatic carbocycles. The molecule has 0 saturated heterocycles. The van der Waals surface area contributed by atoms with Crippen molar-refractivity contribution in [2.24, 2.45) is 14.1 Å². The van der Waals surface area contributed by atoms with Crippen LogP contribution in [0, 0.1) is 5.82 Å². The number of fused-ring (bicyclic) bond motifs is 1. The Morgan fingerprint density at radius 1 is 1.35 bits per heavy atom. The van der Waals surface area contributed by atoms with Crippen LogP contribution >= 0.6 is 0 Å². The first-order chi connectivity index (χ1) is 9.49. The van der Waals surface area contributed by atoms with E-state index in [0.717, 1.165) is 5.52 Å². The quantitative estimate of drug-likeness (QED) is 0.780. The maximum absolute atomic E-state index is 14.1. The van der Waals surface area contributed by atoms with Gasteiger partial charge in [0.1, 0.15) is 5.82 Å². The molecule has 1 N–H and O–H groups in total. The van der Waals surface area contributed by atoms with Crippen LogP contribution in [0.4, 0.5) is 4.39 Å². The third kappa shape index (κ3) is 1.69. The highest BCUT2D eigenvalue weighted by Gasteiger charge is 2.18. The first-order valence-electron chi connectivity index (χ1n) is 6.00. The lowest BCUT2D eigenvalue weighted by molar-refractivity contribution is 0.0689. The zero-order valence-electron chi connectivity index (χ0n) is 11.0. The van der Waals surface area contributed by atoms with Crippen molar-refractivity contribution in [2.75, 3.05) is 0 Å². The molecular formula is C14H12FN3O2. The van der Waals surface area contributed by atoms with Gasteiger partial charge in [-0.05, 0) is 18.2 Å². The van der Waals surface area contributed by atoms with Crippen molar-refractivity contribution in [1.29, 1.82) is 0 Å². The van der Waals surface area contributed by atoms with E-state index >= 15 is 0 Å². The van der Waals surface area contributed by atoms with E-state index < -0.39 is 5.97 Å². The Balaban J connectivity index is 2.33. The van der Waals surface area contributed by atoms with E-state index in [-0.39, 0.29) is 11.5 Å². The average Bonchev–Trinajstić information content (AvgIpc) is 2.92. The fraction of sp³-hybridized carbons (Fsp3) is 0.143. The van der Waals surface area contributed by atoms with E-state index in [1.165, 1.54) is 16.8 Å². The van der Waals surface area contributed by atoms with Gasteiger partial charge >= 0.3 is 5.97 Å². The van der Waals surface area contributed by atoms with Gasteiger partial charge in [-0.25, -0.2) is 9.18 Å². The minimum absolute atomic E-state index is 0.0594. The maximum atomic E-state index is 14.1. The third-order valence-electron chi connectivity index (χ3n) is 3.34. The molecule has 6 heteroatoms. The average molecular weight is 273 g/mol. The predicted octanol–water partition coefficient (Wildman–Crippen LogP) is 2.42. The van der Waals surface area contributed by atoms with Gasteiger partial charge in [0.15, 0.2) is 5.69 Å².